The smallest absolute Gasteiger partial charge is 0.0700 e. The Morgan fingerprint density at radius 2 is 0.255 bits per heavy atom. The Bertz CT molecular complexity index is 673. The van der Waals surface area contributed by atoms with E-state index in [1.165, 1.54) is 0 Å². The lowest BCUT2D eigenvalue weighted by atomic mass is 9.92. The maximum absolute atomic E-state index is 5.59. The first-order valence-electron chi connectivity index (χ1n) is 22.2. The lowest BCUT2D eigenvalue weighted by Gasteiger charge is -2.20. The third kappa shape index (κ3) is 78.8. The van der Waals surface area contributed by atoms with Gasteiger partial charge in [-0.1, -0.05) is 166 Å². The molecule has 0 saturated carbocycles. The molecule has 0 amide bonds. The van der Waals surface area contributed by atoms with Crippen molar-refractivity contribution < 1.29 is 23.7 Å². The maximum atomic E-state index is 5.59. The summed E-state index contributed by atoms with van der Waals surface area (Å²) in [5.74, 6) is 0. The summed E-state index contributed by atoms with van der Waals surface area (Å²) in [6.45, 7) is 62.4. The molecule has 5 nitrogen and oxygen atoms in total. The van der Waals surface area contributed by atoms with Gasteiger partial charge >= 0.3 is 0 Å². The normalized spacial score (nSPS) is 13.3. The van der Waals surface area contributed by atoms with Crippen LogP contribution in [0.4, 0.5) is 0 Å². The lowest BCUT2D eigenvalue weighted by Crippen LogP contribution is -2.14. The van der Waals surface area contributed by atoms with E-state index in [1.807, 2.05) is 0 Å². The second kappa shape index (κ2) is 29.9. The molecule has 0 atom stereocenters. The first-order valence-corrected chi connectivity index (χ1v) is 22.2. The van der Waals surface area contributed by atoms with Crippen LogP contribution < -0.4 is 0 Å². The molecule has 0 fully saturated rings. The summed E-state index contributed by atoms with van der Waals surface area (Å²) >= 11 is 0. The van der Waals surface area contributed by atoms with Crippen LogP contribution in [-0.4, -0.2) is 66.1 Å². The summed E-state index contributed by atoms with van der Waals surface area (Å²) in [6, 6.07) is 0. The third-order valence-electron chi connectivity index (χ3n) is 8.34. The fourth-order valence-electron chi connectivity index (χ4n) is 3.66. The van der Waals surface area contributed by atoms with Gasteiger partial charge in [0.2, 0.25) is 0 Å². The van der Waals surface area contributed by atoms with E-state index in [-0.39, 0.29) is 0 Å². The van der Waals surface area contributed by atoms with Crippen LogP contribution >= 0.6 is 0 Å². The van der Waals surface area contributed by atoms with Gasteiger partial charge in [0.15, 0.2) is 0 Å². The zero-order chi connectivity index (χ0) is 44.3. The minimum atomic E-state index is 0.368. The third-order valence-corrected chi connectivity index (χ3v) is 8.34. The minimum absolute atomic E-state index is 0.368. The molecule has 0 saturated heterocycles. The molecule has 0 heterocycles. The molecule has 0 unspecified atom stereocenters. The fraction of sp³-hybridized carbons (Fsp3) is 1.00. The molecule has 0 aliphatic carbocycles. The number of ether oxygens (including phenoxy) is 5. The Morgan fingerprint density at radius 3 is 0.345 bits per heavy atom. The van der Waals surface area contributed by atoms with Crippen molar-refractivity contribution in [3.05, 3.63) is 0 Å². The van der Waals surface area contributed by atoms with E-state index in [0.717, 1.165) is 117 Å². The van der Waals surface area contributed by atoms with Gasteiger partial charge in [-0.15, -0.1) is 0 Å². The van der Waals surface area contributed by atoms with E-state index in [1.54, 1.807) is 0 Å². The monoisotopic (exact) mass is 789 g/mol. The van der Waals surface area contributed by atoms with Crippen LogP contribution in [-0.2, 0) is 23.7 Å². The quantitative estimate of drug-likeness (QED) is 0.122. The second-order valence-corrected chi connectivity index (χ2v) is 25.5. The van der Waals surface area contributed by atoms with E-state index in [2.05, 4.69) is 166 Å². The van der Waals surface area contributed by atoms with Gasteiger partial charge in [0.25, 0.3) is 0 Å². The Labute approximate surface area is 349 Å². The van der Waals surface area contributed by atoms with Crippen molar-refractivity contribution in [2.75, 3.05) is 66.1 Å². The molecule has 0 radical (unpaired) electrons. The average molecular weight is 789 g/mol. The summed E-state index contributed by atoms with van der Waals surface area (Å²) in [4.78, 5) is 0. The van der Waals surface area contributed by atoms with Crippen LogP contribution in [0.3, 0.4) is 0 Å². The molecule has 55 heavy (non-hydrogen) atoms. The summed E-state index contributed by atoms with van der Waals surface area (Å²) in [5, 5.41) is 0. The van der Waals surface area contributed by atoms with Gasteiger partial charge in [-0.3, -0.25) is 0 Å². The number of hydrogen-bond donors (Lipinski definition) is 0. The van der Waals surface area contributed by atoms with Crippen molar-refractivity contribution in [2.24, 2.45) is 43.3 Å². The van der Waals surface area contributed by atoms with Gasteiger partial charge in [0.05, 0.1) is 13.2 Å². The predicted molar refractivity (Wildman–Crippen MR) is 247 cm³/mol. The summed E-state index contributed by atoms with van der Waals surface area (Å²) < 4.78 is 27.8. The first-order chi connectivity index (χ1) is 24.3. The highest BCUT2D eigenvalue weighted by Crippen LogP contribution is 2.23. The Morgan fingerprint density at radius 1 is 0.164 bits per heavy atom. The van der Waals surface area contributed by atoms with E-state index in [0.29, 0.717) is 43.3 Å². The van der Waals surface area contributed by atoms with Crippen LogP contribution in [0.1, 0.15) is 218 Å². The molecule has 0 aromatic carbocycles. The standard InChI is InChI=1S/C14H30O2.3C12H26O/c1-13(2,3)7-9-15-11-12-16-10-8-14(4,5)6;3*1-11(2,3)7-9-13-10-8-12(4,5)6/h7-12H2,1-6H3;3*7-10H2,1-6H3. The van der Waals surface area contributed by atoms with Crippen molar-refractivity contribution in [3.63, 3.8) is 0 Å². The van der Waals surface area contributed by atoms with E-state index >= 15 is 0 Å². The maximum Gasteiger partial charge on any atom is 0.0700 e. The number of hydrogen-bond acceptors (Lipinski definition) is 5. The second-order valence-electron chi connectivity index (χ2n) is 25.5. The fourth-order valence-corrected chi connectivity index (χ4v) is 3.66. The van der Waals surface area contributed by atoms with Crippen molar-refractivity contribution in [1.29, 1.82) is 0 Å². The molecule has 0 aromatic heterocycles. The van der Waals surface area contributed by atoms with Crippen molar-refractivity contribution in [2.45, 2.75) is 218 Å². The van der Waals surface area contributed by atoms with E-state index in [9.17, 15) is 0 Å². The summed E-state index contributed by atoms with van der Waals surface area (Å²) in [7, 11) is 0. The van der Waals surface area contributed by atoms with Gasteiger partial charge in [-0.25, -0.2) is 0 Å². The number of rotatable bonds is 19. The van der Waals surface area contributed by atoms with Gasteiger partial charge < -0.3 is 23.7 Å². The Hall–Kier alpha value is -0.200. The average Bonchev–Trinajstić information content (AvgIpc) is 2.90. The van der Waals surface area contributed by atoms with Gasteiger partial charge in [0, 0.05) is 52.9 Å². The molecule has 5 heteroatoms. The highest BCUT2D eigenvalue weighted by atomic mass is 16.5. The Kier molecular flexibility index (Phi) is 33.4. The first kappa shape index (κ1) is 61.5. The molecule has 0 bridgehead atoms. The molecule has 0 rings (SSSR count). The zero-order valence-electron chi connectivity index (χ0n) is 42.8. The molecule has 0 aromatic rings. The van der Waals surface area contributed by atoms with Crippen molar-refractivity contribution in [1.82, 2.24) is 0 Å². The van der Waals surface area contributed by atoms with Gasteiger partial charge in [-0.05, 0) is 94.7 Å². The predicted octanol–water partition coefficient (Wildman–Crippen LogP) is 15.5. The van der Waals surface area contributed by atoms with Crippen LogP contribution in [0, 0.1) is 43.3 Å². The van der Waals surface area contributed by atoms with E-state index < -0.39 is 0 Å². The zero-order valence-corrected chi connectivity index (χ0v) is 42.8. The van der Waals surface area contributed by atoms with Crippen LogP contribution in [0.25, 0.3) is 0 Å². The molecule has 0 aliphatic rings. The largest absolute Gasteiger partial charge is 0.381 e. The lowest BCUT2D eigenvalue weighted by molar-refractivity contribution is 0.0312. The van der Waals surface area contributed by atoms with Crippen molar-refractivity contribution in [3.8, 4) is 0 Å². The van der Waals surface area contributed by atoms with Crippen LogP contribution in [0.15, 0.2) is 0 Å². The molecule has 0 spiro atoms. The Balaban J connectivity index is -0.000000317. The molecular weight excluding hydrogens is 681 g/mol. The van der Waals surface area contributed by atoms with Crippen LogP contribution in [0.5, 0.6) is 0 Å². The summed E-state index contributed by atoms with van der Waals surface area (Å²) in [6.07, 6.45) is 9.11. The van der Waals surface area contributed by atoms with E-state index in [4.69, 9.17) is 23.7 Å². The topological polar surface area (TPSA) is 46.2 Å². The molecule has 338 valence electrons. The highest BCUT2D eigenvalue weighted by molar-refractivity contribution is 4.65. The SMILES string of the molecule is CC(C)(C)CCOCCC(C)(C)C.CC(C)(C)CCOCCC(C)(C)C.CC(C)(C)CCOCCC(C)(C)C.CC(C)(C)CCOCCOCCC(C)(C)C. The highest BCUT2D eigenvalue weighted by Gasteiger charge is 2.15. The minimum Gasteiger partial charge on any atom is -0.381 e. The van der Waals surface area contributed by atoms with Gasteiger partial charge in [0.1, 0.15) is 0 Å². The molecule has 0 aliphatic heterocycles. The van der Waals surface area contributed by atoms with Crippen LogP contribution in [0.2, 0.25) is 0 Å². The molecule has 0 N–H and O–H groups in total. The van der Waals surface area contributed by atoms with Crippen molar-refractivity contribution >= 4 is 0 Å². The summed E-state index contributed by atoms with van der Waals surface area (Å²) in [5.41, 5.74) is 3.16. The van der Waals surface area contributed by atoms with Gasteiger partial charge in [-0.2, -0.15) is 0 Å². The molecular formula is C50H108O5.